The molecule has 2 aliphatic heterocycles. The summed E-state index contributed by atoms with van der Waals surface area (Å²) in [5.41, 5.74) is 2.27. The van der Waals surface area contributed by atoms with Gasteiger partial charge in [0.05, 0.1) is 23.6 Å². The van der Waals surface area contributed by atoms with Gasteiger partial charge in [-0.1, -0.05) is 19.3 Å². The average molecular weight is 412 g/mol. The zero-order chi connectivity index (χ0) is 20.2. The number of piperidine rings is 1. The largest absolute Gasteiger partial charge is 0.474 e. The average Bonchev–Trinajstić information content (AvgIpc) is 2.81. The van der Waals surface area contributed by atoms with Crippen LogP contribution in [-0.4, -0.2) is 53.4 Å². The van der Waals surface area contributed by atoms with E-state index in [0.29, 0.717) is 17.7 Å². The molecule has 2 N–H and O–H groups in total. The van der Waals surface area contributed by atoms with Crippen LogP contribution in [0.2, 0.25) is 0 Å². The van der Waals surface area contributed by atoms with Crippen LogP contribution < -0.4 is 15.4 Å². The maximum Gasteiger partial charge on any atom is 0.224 e. The smallest absolute Gasteiger partial charge is 0.224 e. The maximum atomic E-state index is 6.33. The Morgan fingerprint density at radius 3 is 2.63 bits per heavy atom. The topological polar surface area (TPSA) is 81.2 Å². The lowest BCUT2D eigenvalue weighted by molar-refractivity contribution is 0.0874. The standard InChI is InChI=1S/C23H33N5O2/c1-2-5-16(6-3-1)19-13-25-22(30-18-8-10-24-11-9-18)20-14-26-23(28-21(19)20)27-17-7-4-12-29-15-17/h13-14,16-18,24H,1-12,15H2,(H,26,27,28)/t17-/m0/s1. The molecule has 0 radical (unpaired) electrons. The second-order valence-electron chi connectivity index (χ2n) is 8.94. The highest BCUT2D eigenvalue weighted by Gasteiger charge is 2.24. The minimum atomic E-state index is 0.208. The quantitative estimate of drug-likeness (QED) is 0.774. The second-order valence-corrected chi connectivity index (χ2v) is 8.94. The Morgan fingerprint density at radius 1 is 0.967 bits per heavy atom. The molecular weight excluding hydrogens is 378 g/mol. The lowest BCUT2D eigenvalue weighted by Crippen LogP contribution is -2.34. The van der Waals surface area contributed by atoms with E-state index in [9.17, 15) is 0 Å². The van der Waals surface area contributed by atoms with Gasteiger partial charge in [0, 0.05) is 24.6 Å². The van der Waals surface area contributed by atoms with Crippen LogP contribution in [0, 0.1) is 0 Å². The van der Waals surface area contributed by atoms with Crippen LogP contribution >= 0.6 is 0 Å². The number of hydrogen-bond donors (Lipinski definition) is 2. The lowest BCUT2D eigenvalue weighted by Gasteiger charge is -2.26. The number of ether oxygens (including phenoxy) is 2. The molecule has 1 saturated carbocycles. The first-order chi connectivity index (χ1) is 14.9. The molecule has 7 nitrogen and oxygen atoms in total. The zero-order valence-electron chi connectivity index (χ0n) is 17.7. The van der Waals surface area contributed by atoms with Crippen LogP contribution in [-0.2, 0) is 4.74 Å². The molecule has 3 aliphatic rings. The predicted molar refractivity (Wildman–Crippen MR) is 117 cm³/mol. The van der Waals surface area contributed by atoms with Gasteiger partial charge in [-0.3, -0.25) is 0 Å². The molecule has 162 valence electrons. The van der Waals surface area contributed by atoms with Crippen molar-refractivity contribution in [3.05, 3.63) is 18.0 Å². The number of anilines is 1. The molecule has 0 aromatic carbocycles. The van der Waals surface area contributed by atoms with Gasteiger partial charge in [0.2, 0.25) is 11.8 Å². The Bertz CT molecular complexity index is 843. The van der Waals surface area contributed by atoms with E-state index in [4.69, 9.17) is 19.4 Å². The van der Waals surface area contributed by atoms with E-state index in [1.807, 2.05) is 12.4 Å². The van der Waals surface area contributed by atoms with Crippen molar-refractivity contribution in [3.8, 4) is 5.88 Å². The number of pyridine rings is 1. The van der Waals surface area contributed by atoms with Crippen molar-refractivity contribution in [2.75, 3.05) is 31.6 Å². The first-order valence-electron chi connectivity index (χ1n) is 11.7. The van der Waals surface area contributed by atoms with Crippen molar-refractivity contribution in [1.82, 2.24) is 20.3 Å². The third kappa shape index (κ3) is 4.52. The van der Waals surface area contributed by atoms with E-state index in [1.165, 1.54) is 37.7 Å². The van der Waals surface area contributed by atoms with Gasteiger partial charge in [-0.05, 0) is 57.5 Å². The van der Waals surface area contributed by atoms with Gasteiger partial charge in [-0.15, -0.1) is 0 Å². The third-order valence-electron chi connectivity index (χ3n) is 6.72. The molecule has 0 unspecified atom stereocenters. The van der Waals surface area contributed by atoms with E-state index in [-0.39, 0.29) is 12.1 Å². The minimum Gasteiger partial charge on any atom is -0.474 e. The minimum absolute atomic E-state index is 0.208. The van der Waals surface area contributed by atoms with Crippen molar-refractivity contribution in [1.29, 1.82) is 0 Å². The molecule has 4 heterocycles. The number of rotatable bonds is 5. The molecule has 2 aromatic rings. The van der Waals surface area contributed by atoms with E-state index in [0.717, 1.165) is 62.9 Å². The van der Waals surface area contributed by atoms with Gasteiger partial charge >= 0.3 is 0 Å². The molecule has 0 amide bonds. The van der Waals surface area contributed by atoms with E-state index < -0.39 is 0 Å². The van der Waals surface area contributed by atoms with Crippen molar-refractivity contribution in [3.63, 3.8) is 0 Å². The van der Waals surface area contributed by atoms with Gasteiger partial charge in [-0.25, -0.2) is 15.0 Å². The summed E-state index contributed by atoms with van der Waals surface area (Å²) in [5.74, 6) is 1.90. The highest BCUT2D eigenvalue weighted by molar-refractivity contribution is 5.86. The van der Waals surface area contributed by atoms with Gasteiger partial charge in [0.25, 0.3) is 0 Å². The fourth-order valence-electron chi connectivity index (χ4n) is 5.00. The summed E-state index contributed by atoms with van der Waals surface area (Å²) in [6.45, 7) is 3.57. The van der Waals surface area contributed by atoms with Gasteiger partial charge < -0.3 is 20.1 Å². The first-order valence-corrected chi connectivity index (χ1v) is 11.7. The fraction of sp³-hybridized carbons (Fsp3) is 0.696. The molecule has 5 rings (SSSR count). The lowest BCUT2D eigenvalue weighted by atomic mass is 9.84. The molecule has 2 saturated heterocycles. The van der Waals surface area contributed by atoms with Crippen LogP contribution in [0.5, 0.6) is 5.88 Å². The number of aromatic nitrogens is 3. The van der Waals surface area contributed by atoms with Crippen LogP contribution in [0.25, 0.3) is 10.9 Å². The molecule has 1 atom stereocenters. The number of hydrogen-bond acceptors (Lipinski definition) is 7. The first kappa shape index (κ1) is 19.9. The summed E-state index contributed by atoms with van der Waals surface area (Å²) in [6, 6.07) is 0.279. The van der Waals surface area contributed by atoms with Crippen LogP contribution in [0.15, 0.2) is 12.4 Å². The molecule has 0 spiro atoms. The Morgan fingerprint density at radius 2 is 1.83 bits per heavy atom. The van der Waals surface area contributed by atoms with Gasteiger partial charge in [-0.2, -0.15) is 0 Å². The van der Waals surface area contributed by atoms with E-state index in [2.05, 4.69) is 15.6 Å². The Hall–Kier alpha value is -1.99. The highest BCUT2D eigenvalue weighted by Crippen LogP contribution is 2.37. The molecule has 0 bridgehead atoms. The molecule has 3 fully saturated rings. The summed E-state index contributed by atoms with van der Waals surface area (Å²) >= 11 is 0. The molecule has 1 aliphatic carbocycles. The summed E-state index contributed by atoms with van der Waals surface area (Å²) in [4.78, 5) is 14.4. The van der Waals surface area contributed by atoms with Gasteiger partial charge in [0.15, 0.2) is 0 Å². The van der Waals surface area contributed by atoms with Crippen LogP contribution in [0.3, 0.4) is 0 Å². The zero-order valence-corrected chi connectivity index (χ0v) is 17.7. The normalized spacial score (nSPS) is 24.1. The monoisotopic (exact) mass is 411 g/mol. The van der Waals surface area contributed by atoms with Crippen molar-refractivity contribution >= 4 is 16.9 Å². The highest BCUT2D eigenvalue weighted by atomic mass is 16.5. The number of nitrogens with one attached hydrogen (secondary N) is 2. The van der Waals surface area contributed by atoms with Crippen LogP contribution in [0.4, 0.5) is 5.95 Å². The number of nitrogens with zero attached hydrogens (tertiary/aromatic N) is 3. The second kappa shape index (κ2) is 9.43. The fourth-order valence-corrected chi connectivity index (χ4v) is 5.00. The van der Waals surface area contributed by atoms with Crippen LogP contribution in [0.1, 0.15) is 69.3 Å². The Balaban J connectivity index is 1.47. The SMILES string of the molecule is c1nc(OC2CCNCC2)c2cnc(N[C@H]3CCCOC3)nc2c1C1CCCCC1. The Labute approximate surface area is 178 Å². The molecule has 2 aromatic heterocycles. The van der Waals surface area contributed by atoms with E-state index >= 15 is 0 Å². The summed E-state index contributed by atoms with van der Waals surface area (Å²) in [5, 5.41) is 7.83. The van der Waals surface area contributed by atoms with Crippen molar-refractivity contribution in [2.24, 2.45) is 0 Å². The van der Waals surface area contributed by atoms with Crippen molar-refractivity contribution < 1.29 is 9.47 Å². The molecule has 30 heavy (non-hydrogen) atoms. The van der Waals surface area contributed by atoms with Gasteiger partial charge in [0.1, 0.15) is 6.10 Å². The number of fused-ring (bicyclic) bond motifs is 1. The third-order valence-corrected chi connectivity index (χ3v) is 6.72. The summed E-state index contributed by atoms with van der Waals surface area (Å²) < 4.78 is 11.9. The molecular formula is C23H33N5O2. The predicted octanol–water partition coefficient (Wildman–Crippen LogP) is 3.79. The summed E-state index contributed by atoms with van der Waals surface area (Å²) in [6.07, 6.45) is 14.7. The van der Waals surface area contributed by atoms with Crippen molar-refractivity contribution in [2.45, 2.75) is 75.9 Å². The van der Waals surface area contributed by atoms with E-state index in [1.54, 1.807) is 0 Å². The Kier molecular flexibility index (Phi) is 6.27. The molecule has 7 heteroatoms. The maximum absolute atomic E-state index is 6.33. The summed E-state index contributed by atoms with van der Waals surface area (Å²) in [7, 11) is 0.